The van der Waals surface area contributed by atoms with Gasteiger partial charge in [0.2, 0.25) is 5.89 Å². The zero-order valence-electron chi connectivity index (χ0n) is 15.7. The summed E-state index contributed by atoms with van der Waals surface area (Å²) in [6, 6.07) is 16.0. The van der Waals surface area contributed by atoms with Crippen LogP contribution in [0.15, 0.2) is 63.7 Å². The number of amides is 1. The highest BCUT2D eigenvalue weighted by atomic mass is 79.9. The minimum absolute atomic E-state index is 0.118. The van der Waals surface area contributed by atoms with E-state index in [-0.39, 0.29) is 5.91 Å². The molecule has 0 spiro atoms. The molecule has 28 heavy (non-hydrogen) atoms. The predicted molar refractivity (Wildman–Crippen MR) is 113 cm³/mol. The maximum Gasteiger partial charge on any atom is 0.269 e. The molecular formula is C22H20BrN3O2. The van der Waals surface area contributed by atoms with E-state index >= 15 is 0 Å². The van der Waals surface area contributed by atoms with Gasteiger partial charge in [-0.05, 0) is 41.1 Å². The average molecular weight is 438 g/mol. The summed E-state index contributed by atoms with van der Waals surface area (Å²) < 4.78 is 8.29. The second-order valence-corrected chi connectivity index (χ2v) is 7.55. The van der Waals surface area contributed by atoms with E-state index in [9.17, 15) is 4.79 Å². The van der Waals surface area contributed by atoms with Gasteiger partial charge in [0.1, 0.15) is 12.0 Å². The number of aromatic nitrogens is 2. The van der Waals surface area contributed by atoms with Crippen molar-refractivity contribution in [3.05, 3.63) is 76.2 Å². The van der Waals surface area contributed by atoms with Gasteiger partial charge in [-0.1, -0.05) is 35.9 Å². The number of halogens is 1. The number of nitrogens with zero attached hydrogens (tertiary/aromatic N) is 2. The Morgan fingerprint density at radius 2 is 1.93 bits per heavy atom. The van der Waals surface area contributed by atoms with Gasteiger partial charge in [0, 0.05) is 36.5 Å². The van der Waals surface area contributed by atoms with Crippen LogP contribution in [-0.4, -0.2) is 22.0 Å². The molecule has 0 saturated heterocycles. The van der Waals surface area contributed by atoms with Crippen LogP contribution in [0.5, 0.6) is 0 Å². The fourth-order valence-corrected chi connectivity index (χ4v) is 4.02. The van der Waals surface area contributed by atoms with Crippen LogP contribution in [0.2, 0.25) is 0 Å². The molecule has 1 N–H and O–H groups in total. The summed E-state index contributed by atoms with van der Waals surface area (Å²) in [5.74, 6) is 0.477. The maximum absolute atomic E-state index is 12.7. The summed E-state index contributed by atoms with van der Waals surface area (Å²) in [5, 5.41) is 4.00. The van der Waals surface area contributed by atoms with E-state index in [0.717, 1.165) is 26.6 Å². The van der Waals surface area contributed by atoms with E-state index in [1.165, 1.54) is 5.56 Å². The third-order valence-corrected chi connectivity index (χ3v) is 5.58. The molecule has 0 atom stereocenters. The number of benzene rings is 2. The first-order chi connectivity index (χ1) is 13.5. The molecule has 2 aromatic heterocycles. The Kier molecular flexibility index (Phi) is 5.05. The number of hydrogen-bond acceptors (Lipinski definition) is 3. The summed E-state index contributed by atoms with van der Waals surface area (Å²) in [4.78, 5) is 17.2. The van der Waals surface area contributed by atoms with E-state index in [4.69, 9.17) is 4.42 Å². The highest BCUT2D eigenvalue weighted by Gasteiger charge is 2.19. The molecule has 0 radical (unpaired) electrons. The topological polar surface area (TPSA) is 60.1 Å². The first-order valence-electron chi connectivity index (χ1n) is 9.07. The summed E-state index contributed by atoms with van der Waals surface area (Å²) in [5.41, 5.74) is 4.57. The van der Waals surface area contributed by atoms with Crippen LogP contribution >= 0.6 is 15.9 Å². The van der Waals surface area contributed by atoms with Crippen LogP contribution in [0.3, 0.4) is 0 Å². The predicted octanol–water partition coefficient (Wildman–Crippen LogP) is 4.88. The number of hydrogen-bond donors (Lipinski definition) is 1. The van der Waals surface area contributed by atoms with Crippen LogP contribution in [0.1, 0.15) is 21.7 Å². The Morgan fingerprint density at radius 3 is 2.68 bits per heavy atom. The lowest BCUT2D eigenvalue weighted by molar-refractivity contribution is 0.0945. The summed E-state index contributed by atoms with van der Waals surface area (Å²) in [6.45, 7) is 2.52. The molecule has 2 aromatic carbocycles. The maximum atomic E-state index is 12.7. The molecule has 0 aliphatic rings. The molecule has 1 amide bonds. The lowest BCUT2D eigenvalue weighted by Gasteiger charge is -2.06. The summed E-state index contributed by atoms with van der Waals surface area (Å²) >= 11 is 3.57. The van der Waals surface area contributed by atoms with Gasteiger partial charge in [0.05, 0.1) is 10.2 Å². The second-order valence-electron chi connectivity index (χ2n) is 6.75. The third kappa shape index (κ3) is 3.47. The van der Waals surface area contributed by atoms with Gasteiger partial charge in [0.25, 0.3) is 5.91 Å². The first kappa shape index (κ1) is 18.5. The Hall–Kier alpha value is -2.86. The normalized spacial score (nSPS) is 11.1. The third-order valence-electron chi connectivity index (χ3n) is 4.78. The molecule has 4 aromatic rings. The fraction of sp³-hybridized carbons (Fsp3) is 0.182. The van der Waals surface area contributed by atoms with E-state index in [1.807, 2.05) is 67.1 Å². The van der Waals surface area contributed by atoms with E-state index in [0.29, 0.717) is 24.6 Å². The molecule has 4 rings (SSSR count). The van der Waals surface area contributed by atoms with Crippen LogP contribution in [0.4, 0.5) is 0 Å². The number of nitrogens with one attached hydrogen (secondary N) is 1. The van der Waals surface area contributed by atoms with Crippen molar-refractivity contribution in [2.24, 2.45) is 7.05 Å². The minimum atomic E-state index is -0.118. The van der Waals surface area contributed by atoms with Crippen LogP contribution in [-0.2, 0) is 13.5 Å². The standard InChI is InChI=1S/C22H20BrN3O2/c1-14-7-9-15(10-8-14)22-25-16(13-28-22)11-12-24-21(27)20-19(23)17-5-3-4-6-18(17)26(20)2/h3-10,13H,11-12H2,1-2H3,(H,24,27). The summed E-state index contributed by atoms with van der Waals surface area (Å²) in [7, 11) is 1.90. The van der Waals surface area contributed by atoms with Gasteiger partial charge < -0.3 is 14.3 Å². The molecular weight excluding hydrogens is 418 g/mol. The molecule has 5 nitrogen and oxygen atoms in total. The zero-order chi connectivity index (χ0) is 19.7. The fourth-order valence-electron chi connectivity index (χ4n) is 3.24. The molecule has 0 saturated carbocycles. The van der Waals surface area contributed by atoms with E-state index < -0.39 is 0 Å². The van der Waals surface area contributed by atoms with Gasteiger partial charge in [-0.15, -0.1) is 0 Å². The number of carbonyl (C=O) groups is 1. The molecule has 0 bridgehead atoms. The number of aryl methyl sites for hydroxylation is 2. The number of oxazole rings is 1. The van der Waals surface area contributed by atoms with Gasteiger partial charge >= 0.3 is 0 Å². The minimum Gasteiger partial charge on any atom is -0.444 e. The van der Waals surface area contributed by atoms with Crippen molar-refractivity contribution < 1.29 is 9.21 Å². The van der Waals surface area contributed by atoms with Crippen molar-refractivity contribution in [1.29, 1.82) is 0 Å². The molecule has 0 aliphatic carbocycles. The smallest absolute Gasteiger partial charge is 0.269 e. The highest BCUT2D eigenvalue weighted by Crippen LogP contribution is 2.30. The van der Waals surface area contributed by atoms with Gasteiger partial charge in [-0.3, -0.25) is 4.79 Å². The number of fused-ring (bicyclic) bond motifs is 1. The Labute approximate surface area is 171 Å². The Balaban J connectivity index is 1.42. The molecule has 2 heterocycles. The number of para-hydroxylation sites is 1. The van der Waals surface area contributed by atoms with Crippen molar-refractivity contribution >= 4 is 32.7 Å². The molecule has 6 heteroatoms. The summed E-state index contributed by atoms with van der Waals surface area (Å²) in [6.07, 6.45) is 2.25. The SMILES string of the molecule is Cc1ccc(-c2nc(CCNC(=O)c3c(Br)c4ccccc4n3C)co2)cc1. The van der Waals surface area contributed by atoms with Gasteiger partial charge in [-0.25, -0.2) is 4.98 Å². The molecule has 0 unspecified atom stereocenters. The number of rotatable bonds is 5. The zero-order valence-corrected chi connectivity index (χ0v) is 17.3. The molecule has 0 fully saturated rings. The van der Waals surface area contributed by atoms with E-state index in [1.54, 1.807) is 6.26 Å². The quantitative estimate of drug-likeness (QED) is 0.484. The van der Waals surface area contributed by atoms with Crippen molar-refractivity contribution in [3.8, 4) is 11.5 Å². The van der Waals surface area contributed by atoms with E-state index in [2.05, 4.69) is 26.2 Å². The van der Waals surface area contributed by atoms with Gasteiger partial charge in [0.15, 0.2) is 0 Å². The molecule has 142 valence electrons. The highest BCUT2D eigenvalue weighted by molar-refractivity contribution is 9.10. The van der Waals surface area contributed by atoms with Crippen molar-refractivity contribution in [3.63, 3.8) is 0 Å². The van der Waals surface area contributed by atoms with Crippen LogP contribution in [0, 0.1) is 6.92 Å². The second kappa shape index (κ2) is 7.64. The van der Waals surface area contributed by atoms with Crippen molar-refractivity contribution in [1.82, 2.24) is 14.9 Å². The van der Waals surface area contributed by atoms with Crippen LogP contribution in [0.25, 0.3) is 22.4 Å². The van der Waals surface area contributed by atoms with Crippen LogP contribution < -0.4 is 5.32 Å². The Bertz CT molecular complexity index is 1100. The number of carbonyl (C=O) groups excluding carboxylic acids is 1. The van der Waals surface area contributed by atoms with Crippen molar-refractivity contribution in [2.75, 3.05) is 6.54 Å². The lowest BCUT2D eigenvalue weighted by Crippen LogP contribution is -2.27. The average Bonchev–Trinajstić information content (AvgIpc) is 3.26. The van der Waals surface area contributed by atoms with Crippen molar-refractivity contribution in [2.45, 2.75) is 13.3 Å². The van der Waals surface area contributed by atoms with Gasteiger partial charge in [-0.2, -0.15) is 0 Å². The molecule has 0 aliphatic heterocycles. The first-order valence-corrected chi connectivity index (χ1v) is 9.86. The lowest BCUT2D eigenvalue weighted by atomic mass is 10.1. The monoisotopic (exact) mass is 437 g/mol. The Morgan fingerprint density at radius 1 is 1.18 bits per heavy atom. The largest absolute Gasteiger partial charge is 0.444 e.